The zero-order valence-electron chi connectivity index (χ0n) is 19.2. The predicted molar refractivity (Wildman–Crippen MR) is 129 cm³/mol. The molecule has 0 saturated carbocycles. The number of hydrogen-bond acceptors (Lipinski definition) is 4. The van der Waals surface area contributed by atoms with Crippen LogP contribution in [-0.2, 0) is 0 Å². The summed E-state index contributed by atoms with van der Waals surface area (Å²) in [6, 6.07) is 15.1. The number of hydrogen-bond donors (Lipinski definition) is 1. The summed E-state index contributed by atoms with van der Waals surface area (Å²) in [5.41, 5.74) is 1.55. The van der Waals surface area contributed by atoms with Crippen LogP contribution in [0, 0.1) is 5.92 Å². The van der Waals surface area contributed by atoms with Gasteiger partial charge in [0.2, 0.25) is 0 Å². The summed E-state index contributed by atoms with van der Waals surface area (Å²) in [5.74, 6) is 2.13. The second kappa shape index (κ2) is 14.3. The highest BCUT2D eigenvalue weighted by Gasteiger charge is 2.04. The van der Waals surface area contributed by atoms with E-state index in [0.29, 0.717) is 18.1 Å². The highest BCUT2D eigenvalue weighted by atomic mass is 16.5. The third kappa shape index (κ3) is 9.73. The lowest BCUT2D eigenvalue weighted by Crippen LogP contribution is -2.07. The van der Waals surface area contributed by atoms with Crippen molar-refractivity contribution in [1.82, 2.24) is 0 Å². The molecule has 168 valence electrons. The topological polar surface area (TPSA) is 47.6 Å². The Balaban J connectivity index is 1.73. The van der Waals surface area contributed by atoms with E-state index in [-0.39, 0.29) is 5.78 Å². The number of ether oxygens (including phenoxy) is 2. The van der Waals surface area contributed by atoms with E-state index in [4.69, 9.17) is 9.47 Å². The van der Waals surface area contributed by atoms with Crippen LogP contribution >= 0.6 is 0 Å². The number of unbranched alkanes of at least 4 members (excludes halogenated alkanes) is 4. The number of ketones is 1. The highest BCUT2D eigenvalue weighted by molar-refractivity contribution is 6.04. The maximum Gasteiger partial charge on any atom is 0.187 e. The maximum absolute atomic E-state index is 12.3. The van der Waals surface area contributed by atoms with Crippen molar-refractivity contribution in [1.29, 1.82) is 0 Å². The minimum atomic E-state index is -0.0518. The van der Waals surface area contributed by atoms with Crippen molar-refractivity contribution in [3.8, 4) is 11.5 Å². The maximum atomic E-state index is 12.3. The van der Waals surface area contributed by atoms with Gasteiger partial charge in [-0.05, 0) is 60.9 Å². The van der Waals surface area contributed by atoms with Gasteiger partial charge in [-0.25, -0.2) is 0 Å². The van der Waals surface area contributed by atoms with Crippen LogP contribution in [-0.4, -0.2) is 19.0 Å². The summed E-state index contributed by atoms with van der Waals surface area (Å²) in [6.07, 6.45) is 10.4. The second-order valence-electron chi connectivity index (χ2n) is 7.98. The van der Waals surface area contributed by atoms with Crippen LogP contribution < -0.4 is 14.8 Å². The molecule has 0 bridgehead atoms. The third-order valence-corrected chi connectivity index (χ3v) is 5.23. The van der Waals surface area contributed by atoms with E-state index in [1.54, 1.807) is 18.3 Å². The minimum absolute atomic E-state index is 0.0518. The van der Waals surface area contributed by atoms with Crippen molar-refractivity contribution < 1.29 is 14.3 Å². The average molecular weight is 424 g/mol. The van der Waals surface area contributed by atoms with Gasteiger partial charge in [-0.1, -0.05) is 52.9 Å². The first-order valence-corrected chi connectivity index (χ1v) is 11.6. The molecule has 31 heavy (non-hydrogen) atoms. The zero-order chi connectivity index (χ0) is 22.3. The van der Waals surface area contributed by atoms with Crippen molar-refractivity contribution in [2.75, 3.05) is 18.5 Å². The average Bonchev–Trinajstić information content (AvgIpc) is 2.81. The standard InChI is InChI=1S/C27H37NO3/c1-4-6-7-8-9-20-30-25-16-12-24(13-17-25)28-19-18-27(29)23-10-14-26(15-11-23)31-21-22(3)5-2/h10-19,22,28H,4-9,20-21H2,1-3H3/b19-18+/t22-/m1/s1. The molecule has 0 spiro atoms. The molecule has 1 atom stereocenters. The van der Waals surface area contributed by atoms with Gasteiger partial charge in [0.05, 0.1) is 13.2 Å². The van der Waals surface area contributed by atoms with Gasteiger partial charge in [0.15, 0.2) is 5.78 Å². The van der Waals surface area contributed by atoms with Gasteiger partial charge in [0.25, 0.3) is 0 Å². The van der Waals surface area contributed by atoms with Crippen molar-refractivity contribution in [2.24, 2.45) is 5.92 Å². The van der Waals surface area contributed by atoms with E-state index in [1.165, 1.54) is 31.8 Å². The van der Waals surface area contributed by atoms with Gasteiger partial charge >= 0.3 is 0 Å². The molecular weight excluding hydrogens is 386 g/mol. The molecule has 2 aromatic rings. The normalized spacial score (nSPS) is 12.0. The SMILES string of the molecule is CCCCCCCOc1ccc(N/C=C/C(=O)c2ccc(OC[C@H](C)CC)cc2)cc1. The molecule has 0 unspecified atom stereocenters. The molecule has 1 N–H and O–H groups in total. The van der Waals surface area contributed by atoms with Gasteiger partial charge in [0.1, 0.15) is 11.5 Å². The largest absolute Gasteiger partial charge is 0.494 e. The van der Waals surface area contributed by atoms with Crippen LogP contribution in [0.15, 0.2) is 60.8 Å². The van der Waals surface area contributed by atoms with Crippen molar-refractivity contribution in [3.05, 3.63) is 66.4 Å². The van der Waals surface area contributed by atoms with Crippen LogP contribution in [0.2, 0.25) is 0 Å². The number of rotatable bonds is 15. The fourth-order valence-corrected chi connectivity index (χ4v) is 2.92. The molecule has 0 saturated heterocycles. The van der Waals surface area contributed by atoms with Gasteiger partial charge in [-0.15, -0.1) is 0 Å². The van der Waals surface area contributed by atoms with E-state index in [0.717, 1.165) is 36.6 Å². The Morgan fingerprint density at radius 1 is 0.903 bits per heavy atom. The fourth-order valence-electron chi connectivity index (χ4n) is 2.92. The van der Waals surface area contributed by atoms with E-state index in [2.05, 4.69) is 26.1 Å². The Bertz CT molecular complexity index is 781. The van der Waals surface area contributed by atoms with Gasteiger partial charge in [-0.3, -0.25) is 4.79 Å². The summed E-state index contributed by atoms with van der Waals surface area (Å²) in [7, 11) is 0. The first-order valence-electron chi connectivity index (χ1n) is 11.6. The number of benzene rings is 2. The molecule has 0 aromatic heterocycles. The molecule has 0 aliphatic rings. The van der Waals surface area contributed by atoms with Crippen LogP contribution in [0.5, 0.6) is 11.5 Å². The molecular formula is C27H37NO3. The van der Waals surface area contributed by atoms with E-state index in [1.807, 2.05) is 36.4 Å². The first-order chi connectivity index (χ1) is 15.1. The van der Waals surface area contributed by atoms with Crippen molar-refractivity contribution >= 4 is 11.5 Å². The zero-order valence-corrected chi connectivity index (χ0v) is 19.2. The second-order valence-corrected chi connectivity index (χ2v) is 7.98. The van der Waals surface area contributed by atoms with E-state index in [9.17, 15) is 4.79 Å². The monoisotopic (exact) mass is 423 g/mol. The van der Waals surface area contributed by atoms with Crippen LogP contribution in [0.1, 0.15) is 69.7 Å². The molecule has 2 aromatic carbocycles. The molecule has 4 nitrogen and oxygen atoms in total. The minimum Gasteiger partial charge on any atom is -0.494 e. The van der Waals surface area contributed by atoms with E-state index < -0.39 is 0 Å². The first kappa shape index (κ1) is 24.5. The molecule has 0 fully saturated rings. The van der Waals surface area contributed by atoms with E-state index >= 15 is 0 Å². The molecule has 0 aliphatic heterocycles. The lowest BCUT2D eigenvalue weighted by molar-refractivity contribution is 0.104. The molecule has 4 heteroatoms. The van der Waals surface area contributed by atoms with Crippen molar-refractivity contribution in [2.45, 2.75) is 59.3 Å². The molecule has 0 amide bonds. The van der Waals surface area contributed by atoms with Gasteiger partial charge in [-0.2, -0.15) is 0 Å². The van der Waals surface area contributed by atoms with Gasteiger partial charge in [0, 0.05) is 23.5 Å². The quantitative estimate of drug-likeness (QED) is 0.186. The summed E-state index contributed by atoms with van der Waals surface area (Å²) < 4.78 is 11.5. The Morgan fingerprint density at radius 3 is 2.23 bits per heavy atom. The van der Waals surface area contributed by atoms with Crippen molar-refractivity contribution in [3.63, 3.8) is 0 Å². The Labute approximate surface area is 187 Å². The summed E-state index contributed by atoms with van der Waals surface area (Å²) in [6.45, 7) is 7.98. The van der Waals surface area contributed by atoms with Crippen LogP contribution in [0.4, 0.5) is 5.69 Å². The smallest absolute Gasteiger partial charge is 0.187 e. The molecule has 2 rings (SSSR count). The lowest BCUT2D eigenvalue weighted by atomic mass is 10.1. The number of carbonyl (C=O) groups excluding carboxylic acids is 1. The van der Waals surface area contributed by atoms with Crippen LogP contribution in [0.25, 0.3) is 0 Å². The summed E-state index contributed by atoms with van der Waals surface area (Å²) in [4.78, 5) is 12.3. The summed E-state index contributed by atoms with van der Waals surface area (Å²) in [5, 5.41) is 3.13. The Kier molecular flexibility index (Phi) is 11.3. The highest BCUT2D eigenvalue weighted by Crippen LogP contribution is 2.17. The molecule has 0 aliphatic carbocycles. The number of allylic oxidation sites excluding steroid dienone is 1. The number of carbonyl (C=O) groups is 1. The summed E-state index contributed by atoms with van der Waals surface area (Å²) >= 11 is 0. The predicted octanol–water partition coefficient (Wildman–Crippen LogP) is 7.27. The number of nitrogens with one attached hydrogen (secondary N) is 1. The fraction of sp³-hybridized carbons (Fsp3) is 0.444. The molecule has 0 radical (unpaired) electrons. The van der Waals surface area contributed by atoms with Crippen LogP contribution in [0.3, 0.4) is 0 Å². The number of anilines is 1. The lowest BCUT2D eigenvalue weighted by Gasteiger charge is -2.10. The third-order valence-electron chi connectivity index (χ3n) is 5.23. The van der Waals surface area contributed by atoms with Gasteiger partial charge < -0.3 is 14.8 Å². The molecule has 0 heterocycles. The Morgan fingerprint density at radius 2 is 1.55 bits per heavy atom. The Hall–Kier alpha value is -2.75.